The van der Waals surface area contributed by atoms with Crippen LogP contribution in [-0.4, -0.2) is 26.3 Å². The number of ether oxygens (including phenoxy) is 1. The summed E-state index contributed by atoms with van der Waals surface area (Å²) in [5.74, 6) is 1.83. The molecule has 1 saturated carbocycles. The van der Waals surface area contributed by atoms with E-state index >= 15 is 0 Å². The topological polar surface area (TPSA) is 21.3 Å². The molecular formula is C16H33NO. The van der Waals surface area contributed by atoms with Crippen molar-refractivity contribution in [3.63, 3.8) is 0 Å². The molecule has 1 aliphatic rings. The van der Waals surface area contributed by atoms with Crippen molar-refractivity contribution < 1.29 is 4.74 Å². The Kier molecular flexibility index (Phi) is 6.65. The second kappa shape index (κ2) is 7.49. The second-order valence-corrected chi connectivity index (χ2v) is 7.14. The van der Waals surface area contributed by atoms with Crippen LogP contribution < -0.4 is 5.32 Å². The first kappa shape index (κ1) is 16.0. The number of nitrogens with one attached hydrogen (secondary N) is 1. The molecule has 1 rings (SSSR count). The summed E-state index contributed by atoms with van der Waals surface area (Å²) in [5.41, 5.74) is 0.352. The van der Waals surface area contributed by atoms with Crippen molar-refractivity contribution in [3.8, 4) is 0 Å². The molecular weight excluding hydrogens is 222 g/mol. The number of rotatable bonds is 7. The van der Waals surface area contributed by atoms with Crippen LogP contribution in [0.3, 0.4) is 0 Å². The minimum absolute atomic E-state index is 0.352. The molecule has 1 N–H and O–H groups in total. The number of hydrogen-bond acceptors (Lipinski definition) is 2. The van der Waals surface area contributed by atoms with E-state index in [-0.39, 0.29) is 0 Å². The Hall–Kier alpha value is -0.0800. The van der Waals surface area contributed by atoms with Gasteiger partial charge in [0.2, 0.25) is 0 Å². The van der Waals surface area contributed by atoms with Crippen molar-refractivity contribution in [2.75, 3.05) is 20.3 Å². The van der Waals surface area contributed by atoms with Crippen LogP contribution in [0.1, 0.15) is 59.8 Å². The smallest absolute Gasteiger partial charge is 0.0467 e. The summed E-state index contributed by atoms with van der Waals surface area (Å²) >= 11 is 0. The minimum Gasteiger partial charge on any atom is -0.385 e. The molecule has 0 saturated heterocycles. The van der Waals surface area contributed by atoms with Gasteiger partial charge >= 0.3 is 0 Å². The zero-order valence-electron chi connectivity index (χ0n) is 13.1. The summed E-state index contributed by atoms with van der Waals surface area (Å²) in [6, 6.07) is 0.752. The Balaban J connectivity index is 2.21. The number of methoxy groups -OCH3 is 1. The quantitative estimate of drug-likeness (QED) is 0.746. The van der Waals surface area contributed by atoms with Gasteiger partial charge in [-0.1, -0.05) is 27.7 Å². The van der Waals surface area contributed by atoms with Gasteiger partial charge in [-0.05, 0) is 49.4 Å². The van der Waals surface area contributed by atoms with E-state index in [0.29, 0.717) is 5.41 Å². The molecule has 2 heteroatoms. The van der Waals surface area contributed by atoms with Crippen LogP contribution in [-0.2, 0) is 4.74 Å². The van der Waals surface area contributed by atoms with E-state index < -0.39 is 0 Å². The third-order valence-corrected chi connectivity index (χ3v) is 4.57. The molecule has 0 aromatic carbocycles. The van der Waals surface area contributed by atoms with Gasteiger partial charge in [0.25, 0.3) is 0 Å². The average Bonchev–Trinajstić information content (AvgIpc) is 2.35. The maximum absolute atomic E-state index is 5.18. The SMILES string of the molecule is COCCC(C)(C)CNC1CCC(C(C)C)CC1. The van der Waals surface area contributed by atoms with Crippen molar-refractivity contribution >= 4 is 0 Å². The molecule has 0 amide bonds. The lowest BCUT2D eigenvalue weighted by molar-refractivity contribution is 0.145. The summed E-state index contributed by atoms with van der Waals surface area (Å²) in [5, 5.41) is 3.77. The highest BCUT2D eigenvalue weighted by Gasteiger charge is 2.25. The predicted octanol–water partition coefficient (Wildman–Crippen LogP) is 3.85. The fraction of sp³-hybridized carbons (Fsp3) is 1.00. The van der Waals surface area contributed by atoms with Gasteiger partial charge in [-0.25, -0.2) is 0 Å². The van der Waals surface area contributed by atoms with Crippen LogP contribution in [0.25, 0.3) is 0 Å². The molecule has 0 aromatic rings. The van der Waals surface area contributed by atoms with Gasteiger partial charge < -0.3 is 10.1 Å². The average molecular weight is 255 g/mol. The van der Waals surface area contributed by atoms with Crippen molar-refractivity contribution in [2.45, 2.75) is 65.8 Å². The second-order valence-electron chi connectivity index (χ2n) is 7.14. The third kappa shape index (κ3) is 5.71. The summed E-state index contributed by atoms with van der Waals surface area (Å²) in [6.45, 7) is 11.4. The Bertz CT molecular complexity index is 217. The zero-order valence-corrected chi connectivity index (χ0v) is 13.1. The fourth-order valence-corrected chi connectivity index (χ4v) is 2.88. The van der Waals surface area contributed by atoms with Gasteiger partial charge in [-0.15, -0.1) is 0 Å². The monoisotopic (exact) mass is 255 g/mol. The molecule has 1 aliphatic carbocycles. The lowest BCUT2D eigenvalue weighted by Gasteiger charge is -2.34. The predicted molar refractivity (Wildman–Crippen MR) is 78.9 cm³/mol. The Morgan fingerprint density at radius 3 is 2.28 bits per heavy atom. The molecule has 0 unspecified atom stereocenters. The summed E-state index contributed by atoms with van der Waals surface area (Å²) in [7, 11) is 1.79. The highest BCUT2D eigenvalue weighted by molar-refractivity contribution is 4.81. The number of hydrogen-bond donors (Lipinski definition) is 1. The maximum atomic E-state index is 5.18. The van der Waals surface area contributed by atoms with Crippen molar-refractivity contribution in [1.29, 1.82) is 0 Å². The van der Waals surface area contributed by atoms with Crippen molar-refractivity contribution in [2.24, 2.45) is 17.3 Å². The summed E-state index contributed by atoms with van der Waals surface area (Å²) in [6.07, 6.45) is 6.69. The first-order chi connectivity index (χ1) is 8.44. The van der Waals surface area contributed by atoms with Gasteiger partial charge in [-0.2, -0.15) is 0 Å². The molecule has 0 radical (unpaired) electrons. The van der Waals surface area contributed by atoms with Crippen LogP contribution in [0, 0.1) is 17.3 Å². The summed E-state index contributed by atoms with van der Waals surface area (Å²) < 4.78 is 5.18. The van der Waals surface area contributed by atoms with Gasteiger partial charge in [0.1, 0.15) is 0 Å². The molecule has 1 fully saturated rings. The molecule has 0 aromatic heterocycles. The molecule has 0 heterocycles. The highest BCUT2D eigenvalue weighted by Crippen LogP contribution is 2.30. The van der Waals surface area contributed by atoms with Gasteiger partial charge in [-0.3, -0.25) is 0 Å². The molecule has 18 heavy (non-hydrogen) atoms. The lowest BCUT2D eigenvalue weighted by Crippen LogP contribution is -2.40. The van der Waals surface area contributed by atoms with Gasteiger partial charge in [0.05, 0.1) is 0 Å². The maximum Gasteiger partial charge on any atom is 0.0467 e. The van der Waals surface area contributed by atoms with Gasteiger partial charge in [0.15, 0.2) is 0 Å². The van der Waals surface area contributed by atoms with Crippen LogP contribution in [0.15, 0.2) is 0 Å². The Morgan fingerprint density at radius 1 is 1.17 bits per heavy atom. The van der Waals surface area contributed by atoms with E-state index in [2.05, 4.69) is 33.0 Å². The first-order valence-corrected chi connectivity index (χ1v) is 7.67. The molecule has 0 atom stereocenters. The van der Waals surface area contributed by atoms with Crippen molar-refractivity contribution in [1.82, 2.24) is 5.32 Å². The van der Waals surface area contributed by atoms with Crippen LogP contribution in [0.5, 0.6) is 0 Å². The largest absolute Gasteiger partial charge is 0.385 e. The minimum atomic E-state index is 0.352. The highest BCUT2D eigenvalue weighted by atomic mass is 16.5. The first-order valence-electron chi connectivity index (χ1n) is 7.67. The molecule has 108 valence electrons. The summed E-state index contributed by atoms with van der Waals surface area (Å²) in [4.78, 5) is 0. The van der Waals surface area contributed by atoms with E-state index in [4.69, 9.17) is 4.74 Å². The zero-order chi connectivity index (χ0) is 13.6. The van der Waals surface area contributed by atoms with Crippen molar-refractivity contribution in [3.05, 3.63) is 0 Å². The molecule has 0 aliphatic heterocycles. The van der Waals surface area contributed by atoms with E-state index in [1.807, 2.05) is 0 Å². The normalized spacial score (nSPS) is 25.7. The Morgan fingerprint density at radius 2 is 1.78 bits per heavy atom. The molecule has 0 spiro atoms. The fourth-order valence-electron chi connectivity index (χ4n) is 2.88. The third-order valence-electron chi connectivity index (χ3n) is 4.57. The Labute approximate surface area is 114 Å². The van der Waals surface area contributed by atoms with Crippen LogP contribution >= 0.6 is 0 Å². The van der Waals surface area contributed by atoms with Crippen LogP contribution in [0.4, 0.5) is 0 Å². The van der Waals surface area contributed by atoms with E-state index in [9.17, 15) is 0 Å². The molecule has 2 nitrogen and oxygen atoms in total. The standard InChI is InChI=1S/C16H33NO/c1-13(2)14-6-8-15(9-7-14)17-12-16(3,4)10-11-18-5/h13-15,17H,6-12H2,1-5H3. The van der Waals surface area contributed by atoms with E-state index in [1.165, 1.54) is 25.7 Å². The lowest BCUT2D eigenvalue weighted by atomic mass is 9.79. The van der Waals surface area contributed by atoms with Crippen LogP contribution in [0.2, 0.25) is 0 Å². The van der Waals surface area contributed by atoms with E-state index in [0.717, 1.165) is 37.5 Å². The molecule has 0 bridgehead atoms. The van der Waals surface area contributed by atoms with E-state index in [1.54, 1.807) is 7.11 Å². The van der Waals surface area contributed by atoms with Gasteiger partial charge in [0, 0.05) is 26.3 Å².